The molecule has 2 atom stereocenters. The van der Waals surface area contributed by atoms with Crippen LogP contribution in [-0.2, 0) is 0 Å². The van der Waals surface area contributed by atoms with Crippen LogP contribution in [0.2, 0.25) is 10.0 Å². The van der Waals surface area contributed by atoms with E-state index in [1.807, 2.05) is 17.9 Å². The van der Waals surface area contributed by atoms with Crippen LogP contribution < -0.4 is 5.32 Å². The molecule has 0 radical (unpaired) electrons. The predicted molar refractivity (Wildman–Crippen MR) is 113 cm³/mol. The molecule has 2 aromatic rings. The predicted octanol–water partition coefficient (Wildman–Crippen LogP) is 4.25. The van der Waals surface area contributed by atoms with Gasteiger partial charge in [0.2, 0.25) is 0 Å². The summed E-state index contributed by atoms with van der Waals surface area (Å²) in [5.74, 6) is -0.223. The molecule has 2 aromatic carbocycles. The van der Waals surface area contributed by atoms with Crippen LogP contribution in [0.3, 0.4) is 0 Å². The maximum atomic E-state index is 12.6. The zero-order valence-corrected chi connectivity index (χ0v) is 17.1. The Balaban J connectivity index is 1.67. The minimum atomic E-state index is -0.715. The van der Waals surface area contributed by atoms with Gasteiger partial charge in [0, 0.05) is 28.7 Å². The van der Waals surface area contributed by atoms with Crippen molar-refractivity contribution in [1.82, 2.24) is 10.2 Å². The Labute approximate surface area is 174 Å². The van der Waals surface area contributed by atoms with Gasteiger partial charge < -0.3 is 15.3 Å². The highest BCUT2D eigenvalue weighted by atomic mass is 35.5. The number of rotatable bonds is 5. The largest absolute Gasteiger partial charge is 0.387 e. The van der Waals surface area contributed by atoms with Crippen LogP contribution in [0.15, 0.2) is 48.5 Å². The number of aliphatic hydroxyl groups is 1. The third-order valence-electron chi connectivity index (χ3n) is 4.74. The number of hydrogen-bond acceptors (Lipinski definition) is 3. The molecule has 1 fully saturated rings. The summed E-state index contributed by atoms with van der Waals surface area (Å²) in [4.78, 5) is 15.1. The molecular formula is C20H20Cl2N2O2S. The van der Waals surface area contributed by atoms with Gasteiger partial charge in [0.1, 0.15) is 4.99 Å². The molecule has 27 heavy (non-hydrogen) atoms. The normalized spacial score (nSPS) is 20.6. The molecule has 142 valence electrons. The number of nitrogens with one attached hydrogen (secondary N) is 1. The third kappa shape index (κ3) is 4.61. The summed E-state index contributed by atoms with van der Waals surface area (Å²) in [7, 11) is 0. The van der Waals surface area contributed by atoms with Gasteiger partial charge in [-0.15, -0.1) is 0 Å². The zero-order valence-electron chi connectivity index (χ0n) is 14.8. The van der Waals surface area contributed by atoms with Crippen LogP contribution in [0.4, 0.5) is 0 Å². The molecule has 2 N–H and O–H groups in total. The Morgan fingerprint density at radius 3 is 2.59 bits per heavy atom. The maximum absolute atomic E-state index is 12.6. The van der Waals surface area contributed by atoms with Crippen molar-refractivity contribution in [2.24, 2.45) is 0 Å². The number of benzene rings is 2. The van der Waals surface area contributed by atoms with E-state index in [-0.39, 0.29) is 5.91 Å². The number of amides is 1. The molecule has 1 amide bonds. The van der Waals surface area contributed by atoms with E-state index in [2.05, 4.69) is 5.32 Å². The van der Waals surface area contributed by atoms with E-state index in [0.717, 1.165) is 5.56 Å². The molecule has 7 heteroatoms. The molecule has 4 nitrogen and oxygen atoms in total. The van der Waals surface area contributed by atoms with E-state index in [9.17, 15) is 9.90 Å². The van der Waals surface area contributed by atoms with E-state index in [0.29, 0.717) is 40.1 Å². The molecule has 0 spiro atoms. The summed E-state index contributed by atoms with van der Waals surface area (Å²) in [6.07, 6.45) is -0.0481. The molecule has 0 bridgehead atoms. The molecule has 3 rings (SSSR count). The van der Waals surface area contributed by atoms with Crippen LogP contribution >= 0.6 is 35.4 Å². The van der Waals surface area contributed by atoms with E-state index < -0.39 is 11.6 Å². The average molecular weight is 423 g/mol. The minimum Gasteiger partial charge on any atom is -0.387 e. The van der Waals surface area contributed by atoms with Crippen molar-refractivity contribution in [2.75, 3.05) is 13.1 Å². The number of aliphatic hydroxyl groups excluding tert-OH is 1. The van der Waals surface area contributed by atoms with Crippen molar-refractivity contribution in [2.45, 2.75) is 25.0 Å². The van der Waals surface area contributed by atoms with Crippen LogP contribution in [0.1, 0.15) is 35.4 Å². The Kier molecular flexibility index (Phi) is 6.06. The Morgan fingerprint density at radius 1 is 1.26 bits per heavy atom. The molecule has 1 heterocycles. The highest BCUT2D eigenvalue weighted by Crippen LogP contribution is 2.28. The lowest BCUT2D eigenvalue weighted by atomic mass is 10.0. The van der Waals surface area contributed by atoms with E-state index in [4.69, 9.17) is 35.4 Å². The molecule has 0 aliphatic carbocycles. The molecular weight excluding hydrogens is 403 g/mol. The lowest BCUT2D eigenvalue weighted by Gasteiger charge is -2.29. The van der Waals surface area contributed by atoms with Gasteiger partial charge in [0.15, 0.2) is 0 Å². The third-order valence-corrected chi connectivity index (χ3v) is 5.92. The molecule has 2 unspecified atom stereocenters. The second-order valence-electron chi connectivity index (χ2n) is 6.87. The van der Waals surface area contributed by atoms with Gasteiger partial charge in [0.05, 0.1) is 11.6 Å². The number of halogens is 2. The van der Waals surface area contributed by atoms with Gasteiger partial charge >= 0.3 is 0 Å². The first-order valence-corrected chi connectivity index (χ1v) is 9.76. The fourth-order valence-corrected chi connectivity index (χ4v) is 3.89. The number of hydrogen-bond donors (Lipinski definition) is 2. The van der Waals surface area contributed by atoms with E-state index in [1.54, 1.807) is 42.5 Å². The lowest BCUT2D eigenvalue weighted by molar-refractivity contribution is 0.0928. The summed E-state index contributed by atoms with van der Waals surface area (Å²) < 4.78 is 0. The summed E-state index contributed by atoms with van der Waals surface area (Å²) in [6, 6.07) is 13.9. The average Bonchev–Trinajstić information content (AvgIpc) is 2.90. The van der Waals surface area contributed by atoms with Crippen LogP contribution in [-0.4, -0.2) is 39.5 Å². The molecule has 0 aromatic heterocycles. The number of carbonyl (C=O) groups is 1. The van der Waals surface area contributed by atoms with Crippen molar-refractivity contribution < 1.29 is 9.90 Å². The van der Waals surface area contributed by atoms with Gasteiger partial charge in [0.25, 0.3) is 5.91 Å². The smallest absolute Gasteiger partial charge is 0.252 e. The quantitative estimate of drug-likeness (QED) is 0.707. The van der Waals surface area contributed by atoms with Crippen LogP contribution in [0.5, 0.6) is 0 Å². The van der Waals surface area contributed by atoms with Gasteiger partial charge in [-0.1, -0.05) is 53.6 Å². The van der Waals surface area contributed by atoms with Crippen molar-refractivity contribution in [3.05, 3.63) is 69.7 Å². The van der Waals surface area contributed by atoms with Crippen molar-refractivity contribution in [3.63, 3.8) is 0 Å². The van der Waals surface area contributed by atoms with Crippen LogP contribution in [0.25, 0.3) is 0 Å². The molecule has 1 aliphatic heterocycles. The second-order valence-corrected chi connectivity index (χ2v) is 8.13. The Hall–Kier alpha value is -1.66. The van der Waals surface area contributed by atoms with E-state index >= 15 is 0 Å². The number of carbonyl (C=O) groups excluding carboxylic acids is 1. The standard InChI is InChI=1S/C20H20Cl2N2O2S/c1-20(23-18(26)14-5-3-7-16(22)11-14)8-9-24(19(20)27)12-17(25)13-4-2-6-15(21)10-13/h2-7,10-11,17,25H,8-9,12H2,1H3,(H,23,26). The van der Waals surface area contributed by atoms with Crippen molar-refractivity contribution in [1.29, 1.82) is 0 Å². The topological polar surface area (TPSA) is 52.6 Å². The SMILES string of the molecule is CC1(NC(=O)c2cccc(Cl)c2)CCN(CC(O)c2cccc(Cl)c2)C1=S. The maximum Gasteiger partial charge on any atom is 0.252 e. The highest BCUT2D eigenvalue weighted by Gasteiger charge is 2.41. The van der Waals surface area contributed by atoms with Crippen molar-refractivity contribution >= 4 is 46.3 Å². The zero-order chi connectivity index (χ0) is 19.6. The Morgan fingerprint density at radius 2 is 1.93 bits per heavy atom. The van der Waals surface area contributed by atoms with E-state index in [1.165, 1.54) is 0 Å². The second kappa shape index (κ2) is 8.15. The fourth-order valence-electron chi connectivity index (χ4n) is 3.19. The monoisotopic (exact) mass is 422 g/mol. The number of thiocarbonyl (C=S) groups is 1. The first kappa shape index (κ1) is 20.1. The fraction of sp³-hybridized carbons (Fsp3) is 0.300. The Bertz CT molecular complexity index is 877. The first-order valence-electron chi connectivity index (χ1n) is 8.59. The number of likely N-dealkylation sites (tertiary alicyclic amines) is 1. The number of β-amino-alcohol motifs (C(OH)–C–C–N with tert-alkyl or cyclic N) is 1. The lowest BCUT2D eigenvalue weighted by Crippen LogP contribution is -2.51. The van der Waals surface area contributed by atoms with Gasteiger partial charge in [-0.3, -0.25) is 4.79 Å². The molecule has 1 saturated heterocycles. The van der Waals surface area contributed by atoms with Gasteiger partial charge in [-0.25, -0.2) is 0 Å². The summed E-state index contributed by atoms with van der Waals surface area (Å²) in [5, 5.41) is 14.6. The van der Waals surface area contributed by atoms with Gasteiger partial charge in [-0.05, 0) is 49.2 Å². The molecule has 1 aliphatic rings. The summed E-state index contributed by atoms with van der Waals surface area (Å²) in [6.45, 7) is 2.91. The first-order chi connectivity index (χ1) is 12.8. The van der Waals surface area contributed by atoms with Crippen molar-refractivity contribution in [3.8, 4) is 0 Å². The minimum absolute atomic E-state index is 0.223. The highest BCUT2D eigenvalue weighted by molar-refractivity contribution is 7.80. The summed E-state index contributed by atoms with van der Waals surface area (Å²) in [5.41, 5.74) is 0.578. The van der Waals surface area contributed by atoms with Gasteiger partial charge in [-0.2, -0.15) is 0 Å². The van der Waals surface area contributed by atoms with Crippen LogP contribution in [0, 0.1) is 0 Å². The summed E-state index contributed by atoms with van der Waals surface area (Å²) >= 11 is 17.6. The molecule has 0 saturated carbocycles. The number of nitrogens with zero attached hydrogens (tertiary/aromatic N) is 1.